The number of imide groups is 1. The summed E-state index contributed by atoms with van der Waals surface area (Å²) in [5, 5.41) is 9.98. The summed E-state index contributed by atoms with van der Waals surface area (Å²) in [7, 11) is 1.41. The molecular formula is C13H10NO5S-. The van der Waals surface area contributed by atoms with E-state index in [1.807, 2.05) is 0 Å². The first kappa shape index (κ1) is 14.1. The van der Waals surface area contributed by atoms with E-state index in [0.717, 1.165) is 16.7 Å². The van der Waals surface area contributed by atoms with Gasteiger partial charge in [-0.15, -0.1) is 0 Å². The Morgan fingerprint density at radius 2 is 2.20 bits per heavy atom. The van der Waals surface area contributed by atoms with Gasteiger partial charge in [-0.05, 0) is 35.5 Å². The molecule has 1 fully saturated rings. The van der Waals surface area contributed by atoms with E-state index in [4.69, 9.17) is 4.74 Å². The van der Waals surface area contributed by atoms with Gasteiger partial charge in [-0.25, -0.2) is 0 Å². The van der Waals surface area contributed by atoms with E-state index in [9.17, 15) is 19.5 Å². The van der Waals surface area contributed by atoms with Gasteiger partial charge in [-0.3, -0.25) is 14.5 Å². The molecule has 1 aromatic carbocycles. The minimum atomic E-state index is -1.32. The lowest BCUT2D eigenvalue weighted by molar-refractivity contribution is -0.307. The fourth-order valence-electron chi connectivity index (χ4n) is 1.53. The Bertz CT molecular complexity index is 611. The standard InChI is InChI=1S/C13H11NO5S/c1-14-12(17)10(20-13(14)18)6-8-3-2-4-9(5-8)19-7-11(15)16/h2-6H,7H2,1H3,(H,15,16)/p-1/b10-6+. The molecule has 1 heterocycles. The van der Waals surface area contributed by atoms with Crippen molar-refractivity contribution in [3.63, 3.8) is 0 Å². The maximum atomic E-state index is 11.7. The number of rotatable bonds is 4. The average Bonchev–Trinajstić information content (AvgIpc) is 2.65. The molecule has 0 N–H and O–H groups in total. The molecule has 0 aromatic heterocycles. The molecule has 0 aliphatic carbocycles. The Labute approximate surface area is 119 Å². The number of thioether (sulfide) groups is 1. The third-order valence-electron chi connectivity index (χ3n) is 2.50. The predicted molar refractivity (Wildman–Crippen MR) is 70.7 cm³/mol. The van der Waals surface area contributed by atoms with Crippen LogP contribution in [0.4, 0.5) is 4.79 Å². The highest BCUT2D eigenvalue weighted by Gasteiger charge is 2.31. The van der Waals surface area contributed by atoms with Crippen LogP contribution >= 0.6 is 11.8 Å². The zero-order chi connectivity index (χ0) is 14.7. The fraction of sp³-hybridized carbons (Fsp3) is 0.154. The van der Waals surface area contributed by atoms with Crippen LogP contribution < -0.4 is 9.84 Å². The number of benzene rings is 1. The number of amides is 2. The van der Waals surface area contributed by atoms with Crippen molar-refractivity contribution in [3.8, 4) is 5.75 Å². The lowest BCUT2D eigenvalue weighted by Gasteiger charge is -2.07. The summed E-state index contributed by atoms with van der Waals surface area (Å²) in [5.41, 5.74) is 0.639. The molecule has 0 unspecified atom stereocenters. The van der Waals surface area contributed by atoms with Crippen LogP contribution in [0.15, 0.2) is 29.2 Å². The molecule has 20 heavy (non-hydrogen) atoms. The van der Waals surface area contributed by atoms with Gasteiger partial charge in [-0.1, -0.05) is 12.1 Å². The molecule has 2 amide bonds. The maximum Gasteiger partial charge on any atom is 0.293 e. The van der Waals surface area contributed by atoms with Gasteiger partial charge in [0.05, 0.1) is 10.9 Å². The highest BCUT2D eigenvalue weighted by atomic mass is 32.2. The van der Waals surface area contributed by atoms with E-state index in [1.165, 1.54) is 7.05 Å². The number of aliphatic carboxylic acids is 1. The third-order valence-corrected chi connectivity index (χ3v) is 3.46. The van der Waals surface area contributed by atoms with Gasteiger partial charge >= 0.3 is 0 Å². The number of carbonyl (C=O) groups is 3. The van der Waals surface area contributed by atoms with Crippen LogP contribution in [-0.4, -0.2) is 35.7 Å². The number of carbonyl (C=O) groups excluding carboxylic acids is 3. The van der Waals surface area contributed by atoms with Crippen LogP contribution in [0.3, 0.4) is 0 Å². The van der Waals surface area contributed by atoms with Crippen molar-refractivity contribution in [1.29, 1.82) is 0 Å². The van der Waals surface area contributed by atoms with Crippen LogP contribution in [0.2, 0.25) is 0 Å². The fourth-order valence-corrected chi connectivity index (χ4v) is 2.36. The summed E-state index contributed by atoms with van der Waals surface area (Å²) < 4.78 is 4.98. The minimum absolute atomic E-state index is 0.314. The van der Waals surface area contributed by atoms with Gasteiger partial charge < -0.3 is 14.6 Å². The Morgan fingerprint density at radius 3 is 2.80 bits per heavy atom. The molecule has 7 heteroatoms. The molecule has 0 atom stereocenters. The summed E-state index contributed by atoms with van der Waals surface area (Å²) in [6, 6.07) is 6.54. The number of hydrogen-bond donors (Lipinski definition) is 0. The first-order chi connectivity index (χ1) is 9.47. The first-order valence-corrected chi connectivity index (χ1v) is 6.43. The van der Waals surface area contributed by atoms with Crippen LogP contribution in [0.1, 0.15) is 5.56 Å². The summed E-state index contributed by atoms with van der Waals surface area (Å²) in [4.78, 5) is 34.7. The quantitative estimate of drug-likeness (QED) is 0.750. The summed E-state index contributed by atoms with van der Waals surface area (Å²) in [6.45, 7) is -0.547. The van der Waals surface area contributed by atoms with E-state index in [2.05, 4.69) is 0 Å². The zero-order valence-corrected chi connectivity index (χ0v) is 11.3. The number of carboxylic acids is 1. The van der Waals surface area contributed by atoms with Crippen molar-refractivity contribution in [2.75, 3.05) is 13.7 Å². The Hall–Kier alpha value is -2.28. The highest BCUT2D eigenvalue weighted by molar-refractivity contribution is 8.18. The lowest BCUT2D eigenvalue weighted by Crippen LogP contribution is -2.28. The molecule has 0 radical (unpaired) electrons. The zero-order valence-electron chi connectivity index (χ0n) is 10.5. The number of nitrogens with zero attached hydrogens (tertiary/aromatic N) is 1. The first-order valence-electron chi connectivity index (χ1n) is 5.61. The average molecular weight is 292 g/mol. The van der Waals surface area contributed by atoms with Gasteiger partial charge in [0.2, 0.25) is 0 Å². The van der Waals surface area contributed by atoms with E-state index >= 15 is 0 Å². The molecule has 1 aliphatic heterocycles. The number of carboxylic acid groups (broad SMARTS) is 1. The molecule has 1 aromatic rings. The lowest BCUT2D eigenvalue weighted by atomic mass is 10.2. The second kappa shape index (κ2) is 5.79. The van der Waals surface area contributed by atoms with Gasteiger partial charge in [0.15, 0.2) is 0 Å². The monoisotopic (exact) mass is 292 g/mol. The molecule has 0 spiro atoms. The normalized spacial score (nSPS) is 16.9. The van der Waals surface area contributed by atoms with E-state index in [0.29, 0.717) is 16.2 Å². The van der Waals surface area contributed by atoms with Gasteiger partial charge in [0.1, 0.15) is 12.4 Å². The summed E-state index contributed by atoms with van der Waals surface area (Å²) in [5.74, 6) is -1.33. The second-order valence-corrected chi connectivity index (χ2v) is 4.97. The third kappa shape index (κ3) is 3.18. The van der Waals surface area contributed by atoms with Crippen molar-refractivity contribution in [1.82, 2.24) is 4.90 Å². The molecule has 1 aliphatic rings. The van der Waals surface area contributed by atoms with Gasteiger partial charge in [0.25, 0.3) is 11.1 Å². The van der Waals surface area contributed by atoms with E-state index < -0.39 is 12.6 Å². The molecular weight excluding hydrogens is 282 g/mol. The van der Waals surface area contributed by atoms with Gasteiger partial charge in [0, 0.05) is 7.05 Å². The van der Waals surface area contributed by atoms with Crippen molar-refractivity contribution in [2.24, 2.45) is 0 Å². The SMILES string of the molecule is CN1C(=O)S/C(=C/c2cccc(OCC(=O)[O-])c2)C1=O. The molecule has 2 rings (SSSR count). The van der Waals surface area contributed by atoms with Crippen molar-refractivity contribution >= 4 is 35.0 Å². The second-order valence-electron chi connectivity index (χ2n) is 3.97. The molecule has 6 nitrogen and oxygen atoms in total. The maximum absolute atomic E-state index is 11.7. The topological polar surface area (TPSA) is 86.7 Å². The number of likely N-dealkylation sites (N-methyl/N-ethyl adjacent to an activating group) is 1. The summed E-state index contributed by atoms with van der Waals surface area (Å²) in [6.07, 6.45) is 1.56. The van der Waals surface area contributed by atoms with Crippen LogP contribution in [0.5, 0.6) is 5.75 Å². The van der Waals surface area contributed by atoms with Gasteiger partial charge in [-0.2, -0.15) is 0 Å². The predicted octanol–water partition coefficient (Wildman–Crippen LogP) is 0.481. The molecule has 0 saturated carbocycles. The number of ether oxygens (including phenoxy) is 1. The van der Waals surface area contributed by atoms with Crippen molar-refractivity contribution in [2.45, 2.75) is 0 Å². The highest BCUT2D eigenvalue weighted by Crippen LogP contribution is 2.31. The molecule has 104 valence electrons. The van der Waals surface area contributed by atoms with Crippen LogP contribution in [0.25, 0.3) is 6.08 Å². The van der Waals surface area contributed by atoms with E-state index in [1.54, 1.807) is 30.3 Å². The Morgan fingerprint density at radius 1 is 1.45 bits per heavy atom. The van der Waals surface area contributed by atoms with Crippen LogP contribution in [-0.2, 0) is 9.59 Å². The molecule has 1 saturated heterocycles. The van der Waals surface area contributed by atoms with Crippen molar-refractivity contribution in [3.05, 3.63) is 34.7 Å². The molecule has 0 bridgehead atoms. The Balaban J connectivity index is 2.18. The minimum Gasteiger partial charge on any atom is -0.546 e. The largest absolute Gasteiger partial charge is 0.546 e. The Kier molecular flexibility index (Phi) is 4.09. The number of hydrogen-bond acceptors (Lipinski definition) is 6. The van der Waals surface area contributed by atoms with Crippen molar-refractivity contribution < 1.29 is 24.2 Å². The smallest absolute Gasteiger partial charge is 0.293 e. The summed E-state index contributed by atoms with van der Waals surface area (Å²) >= 11 is 0.854. The van der Waals surface area contributed by atoms with E-state index in [-0.39, 0.29) is 11.1 Å². The van der Waals surface area contributed by atoms with Crippen LogP contribution in [0, 0.1) is 0 Å².